The maximum Gasteiger partial charge on any atom is 0.322 e. The van der Waals surface area contributed by atoms with Crippen LogP contribution >= 0.6 is 15.9 Å². The lowest BCUT2D eigenvalue weighted by Gasteiger charge is -2.25. The monoisotopic (exact) mass is 357 g/mol. The molecule has 1 rings (SSSR count). The van der Waals surface area contributed by atoms with Gasteiger partial charge in [-0.3, -0.25) is 9.59 Å². The van der Waals surface area contributed by atoms with E-state index in [4.69, 9.17) is 10.5 Å². The predicted molar refractivity (Wildman–Crippen MR) is 82.8 cm³/mol. The quantitative estimate of drug-likeness (QED) is 0.623. The van der Waals surface area contributed by atoms with Crippen LogP contribution in [0, 0.1) is 5.92 Å². The average molecular weight is 358 g/mol. The van der Waals surface area contributed by atoms with E-state index in [-0.39, 0.29) is 6.42 Å². The van der Waals surface area contributed by atoms with Gasteiger partial charge in [-0.1, -0.05) is 34.1 Å². The van der Waals surface area contributed by atoms with Crippen molar-refractivity contribution in [2.75, 3.05) is 0 Å². The fourth-order valence-electron chi connectivity index (χ4n) is 1.86. The van der Waals surface area contributed by atoms with Gasteiger partial charge >= 0.3 is 11.9 Å². The summed E-state index contributed by atoms with van der Waals surface area (Å²) < 4.78 is 5.97. The molecular formula is C15H20BrNO4. The molecule has 6 heteroatoms. The number of aliphatic carboxylic acids is 1. The van der Waals surface area contributed by atoms with Crippen LogP contribution in [-0.4, -0.2) is 28.7 Å². The minimum absolute atomic E-state index is 0.262. The fourth-order valence-corrected chi connectivity index (χ4v) is 2.31. The molecule has 0 saturated carbocycles. The van der Waals surface area contributed by atoms with E-state index in [0.29, 0.717) is 0 Å². The number of rotatable bonds is 5. The lowest BCUT2D eigenvalue weighted by molar-refractivity contribution is -0.167. The Hall–Kier alpha value is -1.40. The molecule has 0 aliphatic carbocycles. The van der Waals surface area contributed by atoms with Gasteiger partial charge < -0.3 is 15.6 Å². The normalized spacial score (nSPS) is 14.3. The number of ether oxygens (including phenoxy) is 1. The number of halogens is 1. The van der Waals surface area contributed by atoms with Crippen LogP contribution in [0.2, 0.25) is 0 Å². The van der Waals surface area contributed by atoms with Gasteiger partial charge in [-0.05, 0) is 38.8 Å². The number of carboxylic acids is 1. The molecule has 2 atom stereocenters. The third-order valence-electron chi connectivity index (χ3n) is 2.77. The second-order valence-corrected chi connectivity index (χ2v) is 6.66. The number of carbonyl (C=O) groups is 2. The highest BCUT2D eigenvalue weighted by molar-refractivity contribution is 9.10. The molecule has 0 unspecified atom stereocenters. The Balaban J connectivity index is 2.88. The number of carbonyl (C=O) groups excluding carboxylic acids is 1. The van der Waals surface area contributed by atoms with Gasteiger partial charge in [0.2, 0.25) is 0 Å². The lowest BCUT2D eigenvalue weighted by atomic mass is 9.94. The third kappa shape index (κ3) is 5.47. The van der Waals surface area contributed by atoms with Crippen LogP contribution in [0.1, 0.15) is 26.3 Å². The molecule has 0 aromatic heterocycles. The Bertz CT molecular complexity index is 525. The van der Waals surface area contributed by atoms with E-state index in [1.807, 2.05) is 24.3 Å². The zero-order valence-electron chi connectivity index (χ0n) is 12.3. The van der Waals surface area contributed by atoms with Gasteiger partial charge in [0.25, 0.3) is 0 Å². The van der Waals surface area contributed by atoms with Crippen molar-refractivity contribution in [3.63, 3.8) is 0 Å². The fraction of sp³-hybridized carbons (Fsp3) is 0.467. The molecule has 0 fully saturated rings. The molecule has 3 N–H and O–H groups in total. The van der Waals surface area contributed by atoms with Gasteiger partial charge in [-0.15, -0.1) is 0 Å². The molecule has 0 spiro atoms. The first-order chi connectivity index (χ1) is 9.61. The Morgan fingerprint density at radius 2 is 1.90 bits per heavy atom. The lowest BCUT2D eigenvalue weighted by Crippen LogP contribution is -2.45. The van der Waals surface area contributed by atoms with Crippen molar-refractivity contribution in [1.82, 2.24) is 0 Å². The topological polar surface area (TPSA) is 89.6 Å². The van der Waals surface area contributed by atoms with Crippen LogP contribution in [0.15, 0.2) is 28.7 Å². The van der Waals surface area contributed by atoms with Crippen LogP contribution in [-0.2, 0) is 20.7 Å². The summed E-state index contributed by atoms with van der Waals surface area (Å²) in [6, 6.07) is 6.48. The van der Waals surface area contributed by atoms with Crippen LogP contribution in [0.4, 0.5) is 0 Å². The molecule has 21 heavy (non-hydrogen) atoms. The summed E-state index contributed by atoms with van der Waals surface area (Å²) in [5.41, 5.74) is 6.03. The van der Waals surface area contributed by atoms with E-state index in [0.717, 1.165) is 10.0 Å². The van der Waals surface area contributed by atoms with Gasteiger partial charge in [0.1, 0.15) is 5.60 Å². The molecule has 1 aromatic rings. The number of carboxylic acid groups (broad SMARTS) is 1. The van der Waals surface area contributed by atoms with Crippen molar-refractivity contribution in [3.05, 3.63) is 34.3 Å². The second-order valence-electron chi connectivity index (χ2n) is 5.81. The highest BCUT2D eigenvalue weighted by atomic mass is 79.9. The number of nitrogens with two attached hydrogens (primary N) is 1. The number of hydrogen-bond donors (Lipinski definition) is 2. The van der Waals surface area contributed by atoms with Crippen LogP contribution in [0.25, 0.3) is 0 Å². The third-order valence-corrected chi connectivity index (χ3v) is 3.54. The van der Waals surface area contributed by atoms with Gasteiger partial charge in [0, 0.05) is 10.5 Å². The molecule has 0 amide bonds. The Labute approximate surface area is 132 Å². The molecular weight excluding hydrogens is 338 g/mol. The van der Waals surface area contributed by atoms with E-state index in [1.165, 1.54) is 0 Å². The maximum atomic E-state index is 12.0. The summed E-state index contributed by atoms with van der Waals surface area (Å²) in [5.74, 6) is -3.48. The molecule has 0 saturated heterocycles. The van der Waals surface area contributed by atoms with Gasteiger partial charge in [0.15, 0.2) is 5.92 Å². The number of esters is 1. The first-order valence-electron chi connectivity index (χ1n) is 6.56. The largest absolute Gasteiger partial charge is 0.481 e. The van der Waals surface area contributed by atoms with E-state index in [9.17, 15) is 14.7 Å². The molecule has 116 valence electrons. The summed E-state index contributed by atoms with van der Waals surface area (Å²) >= 11 is 3.38. The van der Waals surface area contributed by atoms with Crippen molar-refractivity contribution < 1.29 is 19.4 Å². The van der Waals surface area contributed by atoms with Gasteiger partial charge in [0.05, 0.1) is 0 Å². The first kappa shape index (κ1) is 17.7. The van der Waals surface area contributed by atoms with Crippen LogP contribution < -0.4 is 5.73 Å². The summed E-state index contributed by atoms with van der Waals surface area (Å²) in [7, 11) is 0. The number of benzene rings is 1. The van der Waals surface area contributed by atoms with E-state index in [2.05, 4.69) is 15.9 Å². The molecule has 5 nitrogen and oxygen atoms in total. The zero-order chi connectivity index (χ0) is 16.2. The zero-order valence-corrected chi connectivity index (χ0v) is 13.9. The molecule has 1 aromatic carbocycles. The van der Waals surface area contributed by atoms with Gasteiger partial charge in [-0.25, -0.2) is 0 Å². The minimum atomic E-state index is -1.39. The van der Waals surface area contributed by atoms with Crippen molar-refractivity contribution in [3.8, 4) is 0 Å². The first-order valence-corrected chi connectivity index (χ1v) is 7.36. The summed E-state index contributed by atoms with van der Waals surface area (Å²) in [6.07, 6.45) is 0.262. The van der Waals surface area contributed by atoms with Crippen LogP contribution in [0.5, 0.6) is 0 Å². The molecule has 0 bridgehead atoms. The standard InChI is InChI=1S/C15H20BrNO4/c1-15(2,3)21-14(20)12(13(18)19)11(17)8-9-6-4-5-7-10(9)16/h4-7,11-12H,8,17H2,1-3H3,(H,18,19)/t11-,12-/m0/s1. The summed E-state index contributed by atoms with van der Waals surface area (Å²) in [5, 5.41) is 9.27. The highest BCUT2D eigenvalue weighted by Gasteiger charge is 2.36. The maximum absolute atomic E-state index is 12.0. The smallest absolute Gasteiger partial charge is 0.322 e. The van der Waals surface area contributed by atoms with Crippen molar-refractivity contribution >= 4 is 27.9 Å². The molecule has 0 aliphatic heterocycles. The predicted octanol–water partition coefficient (Wildman–Crippen LogP) is 2.36. The molecule has 0 heterocycles. The molecule has 0 radical (unpaired) electrons. The van der Waals surface area contributed by atoms with Crippen molar-refractivity contribution in [2.24, 2.45) is 11.7 Å². The second kappa shape index (κ2) is 7.04. The Kier molecular flexibility index (Phi) is 5.92. The van der Waals surface area contributed by atoms with E-state index >= 15 is 0 Å². The Morgan fingerprint density at radius 1 is 1.33 bits per heavy atom. The van der Waals surface area contributed by atoms with Crippen molar-refractivity contribution in [1.29, 1.82) is 0 Å². The summed E-state index contributed by atoms with van der Waals surface area (Å²) in [4.78, 5) is 23.4. The van der Waals surface area contributed by atoms with E-state index < -0.39 is 29.5 Å². The molecule has 0 aliphatic rings. The summed E-state index contributed by atoms with van der Waals surface area (Å²) in [6.45, 7) is 5.05. The SMILES string of the molecule is CC(C)(C)OC(=O)[C@H](C(=O)O)[C@@H](N)Cc1ccccc1Br. The minimum Gasteiger partial charge on any atom is -0.481 e. The van der Waals surface area contributed by atoms with E-state index in [1.54, 1.807) is 20.8 Å². The number of hydrogen-bond acceptors (Lipinski definition) is 4. The van der Waals surface area contributed by atoms with Gasteiger partial charge in [-0.2, -0.15) is 0 Å². The highest BCUT2D eigenvalue weighted by Crippen LogP contribution is 2.21. The average Bonchev–Trinajstić information content (AvgIpc) is 2.29. The van der Waals surface area contributed by atoms with Crippen molar-refractivity contribution in [2.45, 2.75) is 38.8 Å². The Morgan fingerprint density at radius 3 is 2.38 bits per heavy atom. The van der Waals surface area contributed by atoms with Crippen LogP contribution in [0.3, 0.4) is 0 Å².